The van der Waals surface area contributed by atoms with Crippen LogP contribution in [0, 0.1) is 0 Å². The van der Waals surface area contributed by atoms with Gasteiger partial charge in [0.1, 0.15) is 5.58 Å². The Hall–Kier alpha value is -1.28. The van der Waals surface area contributed by atoms with E-state index in [9.17, 15) is 5.11 Å². The minimum absolute atomic E-state index is 0.566. The van der Waals surface area contributed by atoms with E-state index in [0.29, 0.717) is 0 Å². The van der Waals surface area contributed by atoms with Gasteiger partial charge in [0.2, 0.25) is 0 Å². The molecule has 0 unspecified atom stereocenters. The molecule has 1 aliphatic carbocycles. The number of hydrogen-bond donors (Lipinski definition) is 1. The Bertz CT molecular complexity index is 452. The van der Waals surface area contributed by atoms with Gasteiger partial charge in [-0.25, -0.2) is 0 Å². The van der Waals surface area contributed by atoms with Gasteiger partial charge >= 0.3 is 0 Å². The van der Waals surface area contributed by atoms with Crippen LogP contribution in [0.4, 0.5) is 0 Å². The predicted molar refractivity (Wildman–Crippen MR) is 49.3 cm³/mol. The molecule has 0 radical (unpaired) electrons. The first-order valence-electron chi connectivity index (χ1n) is 4.49. The second-order valence-electron chi connectivity index (χ2n) is 3.67. The monoisotopic (exact) mass is 174 g/mol. The molecule has 0 atom stereocenters. The maximum atomic E-state index is 9.97. The molecule has 1 N–H and O–H groups in total. The summed E-state index contributed by atoms with van der Waals surface area (Å²) in [5.41, 5.74) is 1.31. The van der Waals surface area contributed by atoms with Gasteiger partial charge in [0, 0.05) is 5.39 Å². The highest BCUT2D eigenvalue weighted by atomic mass is 16.3. The molecule has 0 aliphatic heterocycles. The lowest BCUT2D eigenvalue weighted by molar-refractivity contribution is 0.153. The lowest BCUT2D eigenvalue weighted by atomic mass is 10.0. The summed E-state index contributed by atoms with van der Waals surface area (Å²) in [6, 6.07) is 7.74. The molecule has 1 fully saturated rings. The average molecular weight is 174 g/mol. The quantitative estimate of drug-likeness (QED) is 0.720. The van der Waals surface area contributed by atoms with E-state index in [2.05, 4.69) is 0 Å². The van der Waals surface area contributed by atoms with E-state index in [4.69, 9.17) is 4.42 Å². The molecular formula is C11H10O2. The number of benzene rings is 1. The van der Waals surface area contributed by atoms with Crippen LogP contribution in [0.1, 0.15) is 18.4 Å². The van der Waals surface area contributed by atoms with Crippen LogP contribution in [0.15, 0.2) is 34.9 Å². The van der Waals surface area contributed by atoms with E-state index in [1.807, 2.05) is 24.3 Å². The lowest BCUT2D eigenvalue weighted by Crippen LogP contribution is -2.03. The summed E-state index contributed by atoms with van der Waals surface area (Å²) in [7, 11) is 0. The van der Waals surface area contributed by atoms with Crippen molar-refractivity contribution < 1.29 is 9.52 Å². The Morgan fingerprint density at radius 3 is 2.85 bits per heavy atom. The van der Waals surface area contributed by atoms with Gasteiger partial charge in [-0.1, -0.05) is 12.1 Å². The lowest BCUT2D eigenvalue weighted by Gasteiger charge is -2.07. The van der Waals surface area contributed by atoms with Crippen LogP contribution in [-0.2, 0) is 5.60 Å². The van der Waals surface area contributed by atoms with Crippen LogP contribution in [0.2, 0.25) is 0 Å². The molecule has 1 aromatic heterocycles. The topological polar surface area (TPSA) is 33.4 Å². The van der Waals surface area contributed by atoms with E-state index in [0.717, 1.165) is 29.4 Å². The fraction of sp³-hybridized carbons (Fsp3) is 0.273. The number of hydrogen-bond acceptors (Lipinski definition) is 2. The molecule has 0 spiro atoms. The third-order valence-electron chi connectivity index (χ3n) is 2.72. The number of rotatable bonds is 1. The van der Waals surface area contributed by atoms with Crippen molar-refractivity contribution in [3.63, 3.8) is 0 Å². The van der Waals surface area contributed by atoms with Gasteiger partial charge in [-0.15, -0.1) is 0 Å². The van der Waals surface area contributed by atoms with Gasteiger partial charge in [-0.05, 0) is 30.5 Å². The second kappa shape index (κ2) is 2.15. The molecule has 1 saturated carbocycles. The summed E-state index contributed by atoms with van der Waals surface area (Å²) in [4.78, 5) is 0. The highest BCUT2D eigenvalue weighted by Crippen LogP contribution is 2.47. The normalized spacial score (nSPS) is 19.2. The average Bonchev–Trinajstić information content (AvgIpc) is 2.72. The summed E-state index contributed by atoms with van der Waals surface area (Å²) in [5.74, 6) is 0. The van der Waals surface area contributed by atoms with Crippen LogP contribution in [0.3, 0.4) is 0 Å². The van der Waals surface area contributed by atoms with Crippen molar-refractivity contribution in [2.24, 2.45) is 0 Å². The van der Waals surface area contributed by atoms with Crippen LogP contribution < -0.4 is 0 Å². The second-order valence-corrected chi connectivity index (χ2v) is 3.67. The molecule has 1 heterocycles. The number of fused-ring (bicyclic) bond motifs is 1. The molecule has 1 aliphatic rings. The molecule has 2 nitrogen and oxygen atoms in total. The highest BCUT2D eigenvalue weighted by Gasteiger charge is 2.43. The maximum Gasteiger partial charge on any atom is 0.134 e. The number of furan rings is 1. The summed E-state index contributed by atoms with van der Waals surface area (Å²) < 4.78 is 5.27. The first kappa shape index (κ1) is 7.15. The van der Waals surface area contributed by atoms with Crippen molar-refractivity contribution >= 4 is 11.0 Å². The zero-order chi connectivity index (χ0) is 8.89. The van der Waals surface area contributed by atoms with Gasteiger partial charge in [0.05, 0.1) is 11.9 Å². The Morgan fingerprint density at radius 1 is 1.23 bits per heavy atom. The zero-order valence-corrected chi connectivity index (χ0v) is 7.16. The van der Waals surface area contributed by atoms with E-state index in [1.165, 1.54) is 0 Å². The maximum absolute atomic E-state index is 9.97. The van der Waals surface area contributed by atoms with Crippen molar-refractivity contribution in [1.82, 2.24) is 0 Å². The van der Waals surface area contributed by atoms with Gasteiger partial charge < -0.3 is 9.52 Å². The van der Waals surface area contributed by atoms with Gasteiger partial charge in [-0.2, -0.15) is 0 Å². The fourth-order valence-electron chi connectivity index (χ4n) is 1.79. The Balaban J connectivity index is 2.33. The first-order chi connectivity index (χ1) is 6.30. The minimum atomic E-state index is -0.566. The third kappa shape index (κ3) is 0.923. The van der Waals surface area contributed by atoms with Crippen molar-refractivity contribution in [1.29, 1.82) is 0 Å². The molecule has 3 rings (SSSR count). The molecular weight excluding hydrogens is 164 g/mol. The van der Waals surface area contributed by atoms with Crippen molar-refractivity contribution in [2.75, 3.05) is 0 Å². The van der Waals surface area contributed by atoms with Crippen LogP contribution in [0.5, 0.6) is 0 Å². The van der Waals surface area contributed by atoms with E-state index < -0.39 is 5.60 Å². The van der Waals surface area contributed by atoms with Crippen molar-refractivity contribution in [3.05, 3.63) is 36.1 Å². The Morgan fingerprint density at radius 2 is 2.08 bits per heavy atom. The highest BCUT2D eigenvalue weighted by molar-refractivity contribution is 5.82. The van der Waals surface area contributed by atoms with Crippen LogP contribution in [0.25, 0.3) is 11.0 Å². The molecule has 13 heavy (non-hydrogen) atoms. The molecule has 2 aromatic rings. The van der Waals surface area contributed by atoms with Crippen LogP contribution >= 0.6 is 0 Å². The molecule has 0 amide bonds. The summed E-state index contributed by atoms with van der Waals surface area (Å²) in [6.07, 6.45) is 3.41. The van der Waals surface area contributed by atoms with E-state index >= 15 is 0 Å². The van der Waals surface area contributed by atoms with Gasteiger partial charge in [-0.3, -0.25) is 0 Å². The third-order valence-corrected chi connectivity index (χ3v) is 2.72. The van der Waals surface area contributed by atoms with Gasteiger partial charge in [0.15, 0.2) is 0 Å². The van der Waals surface area contributed by atoms with E-state index in [1.54, 1.807) is 6.26 Å². The van der Waals surface area contributed by atoms with Crippen LogP contribution in [-0.4, -0.2) is 5.11 Å². The molecule has 0 saturated heterocycles. The molecule has 0 bridgehead atoms. The first-order valence-corrected chi connectivity index (χ1v) is 4.49. The Labute approximate surface area is 75.8 Å². The molecule has 2 heteroatoms. The predicted octanol–water partition coefficient (Wildman–Crippen LogP) is 2.41. The molecule has 66 valence electrons. The van der Waals surface area contributed by atoms with Gasteiger partial charge in [0.25, 0.3) is 0 Å². The summed E-state index contributed by atoms with van der Waals surface area (Å²) >= 11 is 0. The largest absolute Gasteiger partial charge is 0.464 e. The number of aliphatic hydroxyl groups is 1. The minimum Gasteiger partial charge on any atom is -0.464 e. The fourth-order valence-corrected chi connectivity index (χ4v) is 1.79. The van der Waals surface area contributed by atoms with E-state index in [-0.39, 0.29) is 0 Å². The molecule has 1 aromatic carbocycles. The summed E-state index contributed by atoms with van der Waals surface area (Å²) in [5, 5.41) is 11.0. The van der Waals surface area contributed by atoms with Crippen molar-refractivity contribution in [2.45, 2.75) is 18.4 Å². The summed E-state index contributed by atoms with van der Waals surface area (Å²) in [6.45, 7) is 0. The standard InChI is InChI=1S/C11H10O2/c12-11(5-6-11)9-2-1-3-10-8(9)4-7-13-10/h1-4,7,12H,5-6H2. The SMILES string of the molecule is OC1(c2cccc3occc23)CC1. The smallest absolute Gasteiger partial charge is 0.134 e. The zero-order valence-electron chi connectivity index (χ0n) is 7.16. The van der Waals surface area contributed by atoms with Crippen molar-refractivity contribution in [3.8, 4) is 0 Å². The Kier molecular flexibility index (Phi) is 1.18.